The van der Waals surface area contributed by atoms with Gasteiger partial charge < -0.3 is 9.79 Å². The molecule has 0 unspecified atom stereocenters. The third-order valence-electron chi connectivity index (χ3n) is 4.26. The molecule has 0 aliphatic rings. The zero-order chi connectivity index (χ0) is 17.2. The molecule has 24 heavy (non-hydrogen) atoms. The molecule has 0 rings (SSSR count). The summed E-state index contributed by atoms with van der Waals surface area (Å²) < 4.78 is 14.9. The van der Waals surface area contributed by atoms with Gasteiger partial charge in [-0.2, -0.15) is 0 Å². The zero-order valence-corrected chi connectivity index (χ0v) is 16.1. The average molecular weight is 374 g/mol. The van der Waals surface area contributed by atoms with Gasteiger partial charge in [0.1, 0.15) is 0 Å². The van der Waals surface area contributed by atoms with E-state index in [4.69, 9.17) is 9.79 Å². The van der Waals surface area contributed by atoms with Gasteiger partial charge in [-0.15, -0.1) is 0 Å². The van der Waals surface area contributed by atoms with E-state index in [1.54, 1.807) is 0 Å². The summed E-state index contributed by atoms with van der Waals surface area (Å²) in [4.78, 5) is 17.1. The minimum absolute atomic E-state index is 0. The Morgan fingerprint density at radius 2 is 0.917 bits per heavy atom. The molecule has 2 N–H and O–H groups in total. The van der Waals surface area contributed by atoms with Crippen LogP contribution in [0.2, 0.25) is 0 Å². The van der Waals surface area contributed by atoms with Crippen molar-refractivity contribution in [2.24, 2.45) is 0 Å². The molecule has 0 heterocycles. The summed E-state index contributed by atoms with van der Waals surface area (Å²) >= 11 is 0. The first-order valence-corrected chi connectivity index (χ1v) is 11.3. The van der Waals surface area contributed by atoms with Crippen LogP contribution in [0.5, 0.6) is 0 Å². The Bertz CT molecular complexity index is 284. The quantitative estimate of drug-likeness (QED) is 0.183. The van der Waals surface area contributed by atoms with E-state index in [1.165, 1.54) is 83.5 Å². The summed E-state index contributed by atoms with van der Waals surface area (Å²) in [5.74, 6) is 0. The van der Waals surface area contributed by atoms with Crippen LogP contribution in [0, 0.1) is 0 Å². The van der Waals surface area contributed by atoms with E-state index in [0.29, 0.717) is 0 Å². The normalized spacial score (nSPS) is 11.5. The van der Waals surface area contributed by atoms with E-state index in [1.807, 2.05) is 0 Å². The first-order valence-electron chi connectivity index (χ1n) is 9.76. The molecule has 0 spiro atoms. The second-order valence-electron chi connectivity index (χ2n) is 6.63. The van der Waals surface area contributed by atoms with E-state index >= 15 is 0 Å². The Kier molecular flexibility index (Phi) is 23.3. The summed E-state index contributed by atoms with van der Waals surface area (Å²) in [5.41, 5.74) is 0. The van der Waals surface area contributed by atoms with Crippen molar-refractivity contribution in [1.82, 2.24) is 0 Å². The molecular weight excluding hydrogens is 334 g/mol. The van der Waals surface area contributed by atoms with Gasteiger partial charge in [0.15, 0.2) is 0 Å². The fraction of sp³-hybridized carbons (Fsp3) is 1.00. The maximum atomic E-state index is 10.5. The molecule has 0 aromatic rings. The molecule has 0 saturated heterocycles. The number of phosphoric acid groups is 1. The SMILES string of the molecule is CCCCCCCCCCCCCCCCCCOP(=O)(O)O.[NaH]. The van der Waals surface area contributed by atoms with Crippen LogP contribution in [0.3, 0.4) is 0 Å². The van der Waals surface area contributed by atoms with Crippen molar-refractivity contribution in [2.75, 3.05) is 6.61 Å². The van der Waals surface area contributed by atoms with Gasteiger partial charge in [0, 0.05) is 0 Å². The molecule has 4 nitrogen and oxygen atoms in total. The fourth-order valence-corrected chi connectivity index (χ4v) is 3.20. The second-order valence-corrected chi connectivity index (χ2v) is 7.87. The van der Waals surface area contributed by atoms with Gasteiger partial charge in [-0.25, -0.2) is 4.57 Å². The number of rotatable bonds is 18. The van der Waals surface area contributed by atoms with Gasteiger partial charge in [0.05, 0.1) is 6.61 Å². The van der Waals surface area contributed by atoms with E-state index in [2.05, 4.69) is 11.4 Å². The van der Waals surface area contributed by atoms with Crippen molar-refractivity contribution in [1.29, 1.82) is 0 Å². The fourth-order valence-electron chi connectivity index (χ4n) is 2.83. The molecule has 142 valence electrons. The predicted molar refractivity (Wildman–Crippen MR) is 105 cm³/mol. The molecule has 0 amide bonds. The number of unbranched alkanes of at least 4 members (excludes halogenated alkanes) is 15. The monoisotopic (exact) mass is 374 g/mol. The van der Waals surface area contributed by atoms with Crippen molar-refractivity contribution in [3.05, 3.63) is 0 Å². The van der Waals surface area contributed by atoms with E-state index < -0.39 is 7.82 Å². The Morgan fingerprint density at radius 3 is 1.21 bits per heavy atom. The Morgan fingerprint density at radius 1 is 0.625 bits per heavy atom. The summed E-state index contributed by atoms with van der Waals surface area (Å²) in [5, 5.41) is 0. The van der Waals surface area contributed by atoms with Gasteiger partial charge in [-0.05, 0) is 6.42 Å². The van der Waals surface area contributed by atoms with Crippen LogP contribution in [0.4, 0.5) is 0 Å². The van der Waals surface area contributed by atoms with E-state index in [-0.39, 0.29) is 36.2 Å². The van der Waals surface area contributed by atoms with E-state index in [0.717, 1.165) is 19.3 Å². The summed E-state index contributed by atoms with van der Waals surface area (Å²) in [6.07, 6.45) is 20.7. The third kappa shape index (κ3) is 25.4. The first kappa shape index (κ1) is 27.3. The van der Waals surface area contributed by atoms with Crippen LogP contribution >= 0.6 is 7.82 Å². The van der Waals surface area contributed by atoms with Gasteiger partial charge in [0.2, 0.25) is 0 Å². The molecule has 0 bridgehead atoms. The second kappa shape index (κ2) is 20.4. The standard InChI is InChI=1S/C18H39O4P.Na.H/c1-2-3-4-5-6-7-8-9-10-11-12-13-14-15-16-17-18-22-23(19,20)21;;/h2-18H2,1H3,(H2,19,20,21);;. The summed E-state index contributed by atoms with van der Waals surface area (Å²) in [6.45, 7) is 2.43. The number of phosphoric ester groups is 1. The van der Waals surface area contributed by atoms with Crippen LogP contribution in [-0.4, -0.2) is 46.0 Å². The summed E-state index contributed by atoms with van der Waals surface area (Å²) in [7, 11) is -4.26. The molecule has 0 aliphatic heterocycles. The Balaban J connectivity index is 0. The van der Waals surface area contributed by atoms with Crippen LogP contribution in [-0.2, 0) is 9.09 Å². The molecule has 6 heteroatoms. The summed E-state index contributed by atoms with van der Waals surface area (Å²) in [6, 6.07) is 0. The van der Waals surface area contributed by atoms with Crippen molar-refractivity contribution >= 4 is 37.4 Å². The van der Waals surface area contributed by atoms with Crippen molar-refractivity contribution in [3.63, 3.8) is 0 Å². The van der Waals surface area contributed by atoms with E-state index in [9.17, 15) is 4.57 Å². The molecule has 0 aromatic heterocycles. The van der Waals surface area contributed by atoms with Crippen molar-refractivity contribution in [3.8, 4) is 0 Å². The molecule has 0 atom stereocenters. The molecular formula is C18H40NaO4P. The maximum absolute atomic E-state index is 10.5. The van der Waals surface area contributed by atoms with Crippen LogP contribution in [0.1, 0.15) is 110 Å². The Hall–Kier alpha value is 1.11. The molecule has 0 aromatic carbocycles. The topological polar surface area (TPSA) is 66.8 Å². The Labute approximate surface area is 172 Å². The van der Waals surface area contributed by atoms with Gasteiger partial charge in [0.25, 0.3) is 0 Å². The first-order chi connectivity index (χ1) is 11.1. The van der Waals surface area contributed by atoms with Crippen LogP contribution < -0.4 is 0 Å². The molecule has 0 radical (unpaired) electrons. The third-order valence-corrected chi connectivity index (χ3v) is 4.78. The molecule has 0 saturated carbocycles. The molecule has 0 fully saturated rings. The minimum atomic E-state index is -4.26. The zero-order valence-electron chi connectivity index (χ0n) is 15.2. The van der Waals surface area contributed by atoms with Crippen molar-refractivity contribution < 1.29 is 18.9 Å². The molecule has 0 aliphatic carbocycles. The van der Waals surface area contributed by atoms with Crippen molar-refractivity contribution in [2.45, 2.75) is 110 Å². The van der Waals surface area contributed by atoms with Gasteiger partial charge in [-0.1, -0.05) is 103 Å². The van der Waals surface area contributed by atoms with Crippen LogP contribution in [0.25, 0.3) is 0 Å². The van der Waals surface area contributed by atoms with Crippen LogP contribution in [0.15, 0.2) is 0 Å². The van der Waals surface area contributed by atoms with Gasteiger partial charge >= 0.3 is 37.4 Å². The average Bonchev–Trinajstić information content (AvgIpc) is 2.49. The predicted octanol–water partition coefficient (Wildman–Crippen LogP) is 5.71. The number of hydrogen-bond donors (Lipinski definition) is 2. The number of hydrogen-bond acceptors (Lipinski definition) is 2. The van der Waals surface area contributed by atoms with Gasteiger partial charge in [-0.3, -0.25) is 4.52 Å².